The standard InChI is InChI=1S/C17H20N2O2/c20-15-13-5-1-2-6-14(13)19(11-12-7-8-12)16(21)17(18-15)9-3-4-10-17/h1-2,5-6,12H,3-4,7-11H2,(H,18,20). The van der Waals surface area contributed by atoms with Crippen LogP contribution in [-0.4, -0.2) is 23.9 Å². The summed E-state index contributed by atoms with van der Waals surface area (Å²) >= 11 is 0. The number of rotatable bonds is 2. The second kappa shape index (κ2) is 4.58. The van der Waals surface area contributed by atoms with Gasteiger partial charge in [0, 0.05) is 6.54 Å². The second-order valence-electron chi connectivity index (χ2n) is 6.62. The molecule has 4 heteroatoms. The lowest BCUT2D eigenvalue weighted by Gasteiger charge is -2.32. The molecular formula is C17H20N2O2. The lowest BCUT2D eigenvalue weighted by Crippen LogP contribution is -2.56. The van der Waals surface area contributed by atoms with Gasteiger partial charge in [-0.05, 0) is 43.7 Å². The molecule has 4 nitrogen and oxygen atoms in total. The monoisotopic (exact) mass is 284 g/mol. The number of carbonyl (C=O) groups is 2. The minimum absolute atomic E-state index is 0.0980. The van der Waals surface area contributed by atoms with Crippen LogP contribution in [0.1, 0.15) is 48.9 Å². The number of nitrogens with zero attached hydrogens (tertiary/aromatic N) is 1. The van der Waals surface area contributed by atoms with Gasteiger partial charge < -0.3 is 10.2 Å². The van der Waals surface area contributed by atoms with Crippen LogP contribution in [0.2, 0.25) is 0 Å². The van der Waals surface area contributed by atoms with E-state index in [1.165, 1.54) is 12.8 Å². The average molecular weight is 284 g/mol. The SMILES string of the molecule is O=C1NC2(CCCC2)C(=O)N(CC2CC2)c2ccccc21. The fourth-order valence-electron chi connectivity index (χ4n) is 3.66. The zero-order chi connectivity index (χ0) is 14.4. The van der Waals surface area contributed by atoms with E-state index in [4.69, 9.17) is 0 Å². The fraction of sp³-hybridized carbons (Fsp3) is 0.529. The molecule has 1 spiro atoms. The maximum atomic E-state index is 13.2. The van der Waals surface area contributed by atoms with Crippen molar-refractivity contribution in [2.24, 2.45) is 5.92 Å². The number of hydrogen-bond acceptors (Lipinski definition) is 2. The Bertz CT molecular complexity index is 601. The Morgan fingerprint density at radius 3 is 2.57 bits per heavy atom. The van der Waals surface area contributed by atoms with E-state index >= 15 is 0 Å². The molecule has 2 fully saturated rings. The van der Waals surface area contributed by atoms with E-state index in [1.54, 1.807) is 0 Å². The number of amides is 2. The number of benzene rings is 1. The van der Waals surface area contributed by atoms with Crippen LogP contribution in [0.5, 0.6) is 0 Å². The van der Waals surface area contributed by atoms with E-state index in [0.717, 1.165) is 37.9 Å². The maximum Gasteiger partial charge on any atom is 0.254 e. The summed E-state index contributed by atoms with van der Waals surface area (Å²) < 4.78 is 0. The summed E-state index contributed by atoms with van der Waals surface area (Å²) in [6, 6.07) is 7.51. The molecule has 0 bridgehead atoms. The third-order valence-corrected chi connectivity index (χ3v) is 5.04. The van der Waals surface area contributed by atoms with E-state index in [9.17, 15) is 9.59 Å². The third-order valence-electron chi connectivity index (χ3n) is 5.04. The van der Waals surface area contributed by atoms with Gasteiger partial charge in [0.05, 0.1) is 11.3 Å². The van der Waals surface area contributed by atoms with Crippen molar-refractivity contribution < 1.29 is 9.59 Å². The third kappa shape index (κ3) is 2.04. The number of nitrogens with one attached hydrogen (secondary N) is 1. The van der Waals surface area contributed by atoms with Gasteiger partial charge in [0.15, 0.2) is 0 Å². The molecule has 1 aromatic carbocycles. The fourth-order valence-corrected chi connectivity index (χ4v) is 3.66. The molecule has 0 aromatic heterocycles. The Labute approximate surface area is 124 Å². The Morgan fingerprint density at radius 2 is 1.86 bits per heavy atom. The molecule has 21 heavy (non-hydrogen) atoms. The van der Waals surface area contributed by atoms with E-state index in [2.05, 4.69) is 5.32 Å². The van der Waals surface area contributed by atoms with Crippen molar-refractivity contribution in [3.63, 3.8) is 0 Å². The number of hydrogen-bond donors (Lipinski definition) is 1. The molecule has 1 heterocycles. The quantitative estimate of drug-likeness (QED) is 0.907. The first-order chi connectivity index (χ1) is 10.2. The van der Waals surface area contributed by atoms with Crippen molar-refractivity contribution >= 4 is 17.5 Å². The van der Waals surface area contributed by atoms with E-state index in [1.807, 2.05) is 29.2 Å². The predicted molar refractivity (Wildman–Crippen MR) is 80.2 cm³/mol. The second-order valence-corrected chi connectivity index (χ2v) is 6.62. The van der Waals surface area contributed by atoms with Crippen LogP contribution in [0.25, 0.3) is 0 Å². The molecule has 2 aliphatic carbocycles. The maximum absolute atomic E-state index is 13.2. The molecule has 2 amide bonds. The van der Waals surface area contributed by atoms with Crippen molar-refractivity contribution in [3.05, 3.63) is 29.8 Å². The smallest absolute Gasteiger partial charge is 0.254 e. The van der Waals surface area contributed by atoms with Crippen LogP contribution in [0.3, 0.4) is 0 Å². The minimum atomic E-state index is -0.662. The molecule has 0 atom stereocenters. The molecule has 0 saturated heterocycles. The molecule has 1 N–H and O–H groups in total. The van der Waals surface area contributed by atoms with Crippen molar-refractivity contribution in [2.75, 3.05) is 11.4 Å². The van der Waals surface area contributed by atoms with Crippen LogP contribution < -0.4 is 10.2 Å². The summed E-state index contributed by atoms with van der Waals surface area (Å²) in [4.78, 5) is 27.6. The summed E-state index contributed by atoms with van der Waals surface area (Å²) in [7, 11) is 0. The van der Waals surface area contributed by atoms with Crippen LogP contribution >= 0.6 is 0 Å². The molecule has 0 radical (unpaired) electrons. The summed E-state index contributed by atoms with van der Waals surface area (Å²) in [6.07, 6.45) is 5.96. The van der Waals surface area contributed by atoms with E-state index in [-0.39, 0.29) is 11.8 Å². The average Bonchev–Trinajstić information content (AvgIpc) is 3.21. The highest BCUT2D eigenvalue weighted by Crippen LogP contribution is 2.39. The topological polar surface area (TPSA) is 49.4 Å². The normalized spacial score (nSPS) is 23.9. The molecule has 3 aliphatic rings. The van der Waals surface area contributed by atoms with Gasteiger partial charge in [-0.15, -0.1) is 0 Å². The van der Waals surface area contributed by atoms with Crippen molar-refractivity contribution in [3.8, 4) is 0 Å². The molecule has 110 valence electrons. The van der Waals surface area contributed by atoms with Gasteiger partial charge in [0.25, 0.3) is 11.8 Å². The summed E-state index contributed by atoms with van der Waals surface area (Å²) in [5, 5.41) is 3.05. The highest BCUT2D eigenvalue weighted by atomic mass is 16.2. The zero-order valence-corrected chi connectivity index (χ0v) is 12.1. The first-order valence-corrected chi connectivity index (χ1v) is 7.93. The zero-order valence-electron chi connectivity index (χ0n) is 12.1. The molecule has 1 aromatic rings. The van der Waals surface area contributed by atoms with Gasteiger partial charge >= 0.3 is 0 Å². The van der Waals surface area contributed by atoms with Gasteiger partial charge in [-0.25, -0.2) is 0 Å². The summed E-state index contributed by atoms with van der Waals surface area (Å²) in [5.41, 5.74) is 0.760. The lowest BCUT2D eigenvalue weighted by molar-refractivity contribution is -0.124. The van der Waals surface area contributed by atoms with Crippen LogP contribution in [-0.2, 0) is 4.79 Å². The molecular weight excluding hydrogens is 264 g/mol. The number of anilines is 1. The first kappa shape index (κ1) is 12.9. The van der Waals surface area contributed by atoms with Gasteiger partial charge in [-0.3, -0.25) is 9.59 Å². The Hall–Kier alpha value is -1.84. The largest absolute Gasteiger partial charge is 0.338 e. The van der Waals surface area contributed by atoms with Gasteiger partial charge in [0.1, 0.15) is 5.54 Å². The summed E-state index contributed by atoms with van der Waals surface area (Å²) in [5.74, 6) is 0.609. The first-order valence-electron chi connectivity index (χ1n) is 7.93. The number of carbonyl (C=O) groups excluding carboxylic acids is 2. The van der Waals surface area contributed by atoms with E-state index in [0.29, 0.717) is 11.5 Å². The van der Waals surface area contributed by atoms with Gasteiger partial charge in [0.2, 0.25) is 0 Å². The molecule has 2 saturated carbocycles. The van der Waals surface area contributed by atoms with Crippen LogP contribution in [0, 0.1) is 5.92 Å². The van der Waals surface area contributed by atoms with Crippen molar-refractivity contribution in [2.45, 2.75) is 44.1 Å². The van der Waals surface area contributed by atoms with Crippen LogP contribution in [0.4, 0.5) is 5.69 Å². The molecule has 0 unspecified atom stereocenters. The Morgan fingerprint density at radius 1 is 1.14 bits per heavy atom. The molecule has 4 rings (SSSR count). The molecule has 1 aliphatic heterocycles. The minimum Gasteiger partial charge on any atom is -0.338 e. The predicted octanol–water partition coefficient (Wildman–Crippen LogP) is 2.49. The summed E-state index contributed by atoms with van der Waals surface area (Å²) in [6.45, 7) is 0.757. The lowest BCUT2D eigenvalue weighted by atomic mass is 9.95. The number of fused-ring (bicyclic) bond motifs is 1. The van der Waals surface area contributed by atoms with Crippen molar-refractivity contribution in [1.29, 1.82) is 0 Å². The van der Waals surface area contributed by atoms with Crippen molar-refractivity contribution in [1.82, 2.24) is 5.32 Å². The van der Waals surface area contributed by atoms with Crippen LogP contribution in [0.15, 0.2) is 24.3 Å². The highest BCUT2D eigenvalue weighted by Gasteiger charge is 2.48. The highest BCUT2D eigenvalue weighted by molar-refractivity contribution is 6.12. The Kier molecular flexibility index (Phi) is 2.81. The van der Waals surface area contributed by atoms with Gasteiger partial charge in [-0.2, -0.15) is 0 Å². The number of para-hydroxylation sites is 1. The van der Waals surface area contributed by atoms with E-state index < -0.39 is 5.54 Å². The Balaban J connectivity index is 1.81. The van der Waals surface area contributed by atoms with Gasteiger partial charge in [-0.1, -0.05) is 25.0 Å².